The zero-order valence-corrected chi connectivity index (χ0v) is 14.1. The van der Waals surface area contributed by atoms with Crippen LogP contribution in [0.25, 0.3) is 22.0 Å². The number of nitrogens with two attached hydrogens (primary N) is 1. The zero-order chi connectivity index (χ0) is 18.4. The highest BCUT2D eigenvalue weighted by Gasteiger charge is 2.43. The van der Waals surface area contributed by atoms with E-state index in [1.165, 1.54) is 6.07 Å². The summed E-state index contributed by atoms with van der Waals surface area (Å²) in [5.74, 6) is -0.596. The SMILES string of the molecule is Cn1c(-c2cc(N)c3cnc(NC(=O)[C@@H]4CC4F)cc3c2)cccc1=O. The first-order valence-corrected chi connectivity index (χ1v) is 8.24. The van der Waals surface area contributed by atoms with Gasteiger partial charge in [0, 0.05) is 35.9 Å². The number of nitrogens with one attached hydrogen (secondary N) is 1. The van der Waals surface area contributed by atoms with Gasteiger partial charge in [0.15, 0.2) is 0 Å². The van der Waals surface area contributed by atoms with Gasteiger partial charge in [-0.3, -0.25) is 9.59 Å². The predicted molar refractivity (Wildman–Crippen MR) is 98.5 cm³/mol. The molecule has 1 aromatic carbocycles. The number of hydrogen-bond donors (Lipinski definition) is 2. The lowest BCUT2D eigenvalue weighted by Gasteiger charge is -2.12. The number of fused-ring (bicyclic) bond motifs is 1. The molecule has 4 rings (SSSR count). The van der Waals surface area contributed by atoms with Gasteiger partial charge in [-0.05, 0) is 36.1 Å². The molecule has 1 aliphatic rings. The lowest BCUT2D eigenvalue weighted by atomic mass is 10.0. The van der Waals surface area contributed by atoms with Crippen LogP contribution in [0, 0.1) is 5.92 Å². The number of halogens is 1. The molecular weight excluding hydrogens is 335 g/mol. The van der Waals surface area contributed by atoms with Crippen LogP contribution >= 0.6 is 0 Å². The highest BCUT2D eigenvalue weighted by molar-refractivity contribution is 6.00. The van der Waals surface area contributed by atoms with Gasteiger partial charge in [0.2, 0.25) is 5.91 Å². The topological polar surface area (TPSA) is 90.0 Å². The summed E-state index contributed by atoms with van der Waals surface area (Å²) in [4.78, 5) is 28.0. The molecule has 0 aliphatic heterocycles. The van der Waals surface area contributed by atoms with E-state index in [2.05, 4.69) is 10.3 Å². The summed E-state index contributed by atoms with van der Waals surface area (Å²) in [6, 6.07) is 10.4. The van der Waals surface area contributed by atoms with E-state index in [0.717, 1.165) is 22.0 Å². The van der Waals surface area contributed by atoms with E-state index in [-0.39, 0.29) is 17.9 Å². The predicted octanol–water partition coefficient (Wildman–Crippen LogP) is 2.48. The molecule has 1 fully saturated rings. The minimum absolute atomic E-state index is 0.117. The summed E-state index contributed by atoms with van der Waals surface area (Å²) in [7, 11) is 1.69. The zero-order valence-electron chi connectivity index (χ0n) is 14.1. The monoisotopic (exact) mass is 352 g/mol. The molecular formula is C19H17FN4O2. The fourth-order valence-electron chi connectivity index (χ4n) is 3.01. The van der Waals surface area contributed by atoms with Crippen LogP contribution in [0.15, 0.2) is 47.4 Å². The van der Waals surface area contributed by atoms with E-state index in [1.807, 2.05) is 12.1 Å². The molecule has 0 radical (unpaired) electrons. The second kappa shape index (κ2) is 5.94. The van der Waals surface area contributed by atoms with Crippen LogP contribution in [0.3, 0.4) is 0 Å². The van der Waals surface area contributed by atoms with Crippen molar-refractivity contribution >= 4 is 28.2 Å². The third-order valence-electron chi connectivity index (χ3n) is 4.65. The average Bonchev–Trinajstić information content (AvgIpc) is 3.34. The first-order chi connectivity index (χ1) is 12.4. The molecule has 2 atom stereocenters. The summed E-state index contributed by atoms with van der Waals surface area (Å²) >= 11 is 0. The van der Waals surface area contributed by atoms with Crippen molar-refractivity contribution in [1.82, 2.24) is 9.55 Å². The van der Waals surface area contributed by atoms with Crippen LogP contribution in [0.1, 0.15) is 6.42 Å². The number of carbonyl (C=O) groups excluding carboxylic acids is 1. The summed E-state index contributed by atoms with van der Waals surface area (Å²) in [5.41, 5.74) is 8.06. The Hall–Kier alpha value is -3.22. The lowest BCUT2D eigenvalue weighted by Crippen LogP contribution is -2.16. The molecule has 1 unspecified atom stereocenters. The van der Waals surface area contributed by atoms with E-state index < -0.39 is 12.1 Å². The molecule has 6 nitrogen and oxygen atoms in total. The van der Waals surface area contributed by atoms with Gasteiger partial charge in [0.05, 0.1) is 11.6 Å². The number of carbonyl (C=O) groups is 1. The van der Waals surface area contributed by atoms with E-state index in [9.17, 15) is 14.0 Å². The fourth-order valence-corrected chi connectivity index (χ4v) is 3.01. The van der Waals surface area contributed by atoms with Gasteiger partial charge < -0.3 is 15.6 Å². The molecule has 1 aliphatic carbocycles. The number of hydrogen-bond acceptors (Lipinski definition) is 4. The second-order valence-electron chi connectivity index (χ2n) is 6.51. The van der Waals surface area contributed by atoms with Crippen molar-refractivity contribution in [2.75, 3.05) is 11.1 Å². The maximum Gasteiger partial charge on any atom is 0.250 e. The molecule has 2 aromatic heterocycles. The third kappa shape index (κ3) is 2.81. The molecule has 1 saturated carbocycles. The van der Waals surface area contributed by atoms with Crippen LogP contribution in [-0.4, -0.2) is 21.6 Å². The largest absolute Gasteiger partial charge is 0.398 e. The van der Waals surface area contributed by atoms with Gasteiger partial charge in [0.1, 0.15) is 12.0 Å². The Kier molecular flexibility index (Phi) is 3.72. The molecule has 3 N–H and O–H groups in total. The van der Waals surface area contributed by atoms with Gasteiger partial charge in [-0.15, -0.1) is 0 Å². The lowest BCUT2D eigenvalue weighted by molar-refractivity contribution is -0.117. The van der Waals surface area contributed by atoms with Crippen molar-refractivity contribution in [2.45, 2.75) is 12.6 Å². The van der Waals surface area contributed by atoms with E-state index >= 15 is 0 Å². The number of pyridine rings is 2. The fraction of sp³-hybridized carbons (Fsp3) is 0.211. The summed E-state index contributed by atoms with van der Waals surface area (Å²) in [6.45, 7) is 0. The van der Waals surface area contributed by atoms with E-state index in [4.69, 9.17) is 5.73 Å². The van der Waals surface area contributed by atoms with Crippen LogP contribution in [-0.2, 0) is 11.8 Å². The summed E-state index contributed by atoms with van der Waals surface area (Å²) < 4.78 is 14.6. The molecule has 0 spiro atoms. The van der Waals surface area contributed by atoms with Crippen LogP contribution in [0.4, 0.5) is 15.9 Å². The number of aromatic nitrogens is 2. The standard InChI is InChI=1S/C19H17FN4O2/c1-24-16(3-2-4-18(24)25)11-5-10-7-17(22-9-13(10)15(21)6-11)23-19(26)12-8-14(12)20/h2-7,9,12,14H,8,21H2,1H3,(H,22,23,26)/t12-,14?/m1/s1. The molecule has 132 valence electrons. The third-order valence-corrected chi connectivity index (χ3v) is 4.65. The average molecular weight is 352 g/mol. The minimum Gasteiger partial charge on any atom is -0.398 e. The Bertz CT molecular complexity index is 1090. The molecule has 2 heterocycles. The number of nitrogen functional groups attached to an aromatic ring is 1. The Morgan fingerprint density at radius 1 is 1.35 bits per heavy atom. The molecule has 1 amide bonds. The Morgan fingerprint density at radius 2 is 2.12 bits per heavy atom. The molecule has 7 heteroatoms. The van der Waals surface area contributed by atoms with Crippen molar-refractivity contribution in [3.8, 4) is 11.3 Å². The van der Waals surface area contributed by atoms with Crippen molar-refractivity contribution in [3.63, 3.8) is 0 Å². The Balaban J connectivity index is 1.76. The van der Waals surface area contributed by atoms with Gasteiger partial charge >= 0.3 is 0 Å². The van der Waals surface area contributed by atoms with Gasteiger partial charge in [-0.1, -0.05) is 6.07 Å². The van der Waals surface area contributed by atoms with E-state index in [1.54, 1.807) is 36.0 Å². The Morgan fingerprint density at radius 3 is 2.85 bits per heavy atom. The van der Waals surface area contributed by atoms with E-state index in [0.29, 0.717) is 11.5 Å². The van der Waals surface area contributed by atoms with Crippen LogP contribution in [0.5, 0.6) is 0 Å². The molecule has 26 heavy (non-hydrogen) atoms. The smallest absolute Gasteiger partial charge is 0.250 e. The summed E-state index contributed by atoms with van der Waals surface area (Å²) in [6.07, 6.45) is 0.781. The highest BCUT2D eigenvalue weighted by atomic mass is 19.1. The number of nitrogens with zero attached hydrogens (tertiary/aromatic N) is 2. The summed E-state index contributed by atoms with van der Waals surface area (Å²) in [5, 5.41) is 4.15. The molecule has 3 aromatic rings. The number of amides is 1. The van der Waals surface area contributed by atoms with Crippen LogP contribution < -0.4 is 16.6 Å². The van der Waals surface area contributed by atoms with Crippen LogP contribution in [0.2, 0.25) is 0 Å². The number of rotatable bonds is 3. The number of benzene rings is 1. The number of alkyl halides is 1. The minimum atomic E-state index is -1.06. The van der Waals surface area contributed by atoms with Crippen molar-refractivity contribution in [3.05, 3.63) is 52.9 Å². The second-order valence-corrected chi connectivity index (χ2v) is 6.51. The van der Waals surface area contributed by atoms with Crippen molar-refractivity contribution < 1.29 is 9.18 Å². The van der Waals surface area contributed by atoms with Crippen molar-refractivity contribution in [1.29, 1.82) is 0 Å². The Labute approximate surface area is 148 Å². The van der Waals surface area contributed by atoms with Gasteiger partial charge in [-0.2, -0.15) is 0 Å². The van der Waals surface area contributed by atoms with Gasteiger partial charge in [-0.25, -0.2) is 9.37 Å². The quantitative estimate of drug-likeness (QED) is 0.709. The van der Waals surface area contributed by atoms with Gasteiger partial charge in [0.25, 0.3) is 5.56 Å². The number of anilines is 2. The first kappa shape index (κ1) is 16.3. The van der Waals surface area contributed by atoms with Crippen molar-refractivity contribution in [2.24, 2.45) is 13.0 Å². The highest BCUT2D eigenvalue weighted by Crippen LogP contribution is 2.35. The normalized spacial score (nSPS) is 18.7. The molecule has 0 saturated heterocycles. The maximum atomic E-state index is 13.0. The first-order valence-electron chi connectivity index (χ1n) is 8.24. The maximum absolute atomic E-state index is 13.0. The molecule has 0 bridgehead atoms.